The van der Waals surface area contributed by atoms with Crippen molar-refractivity contribution in [1.29, 1.82) is 0 Å². The first-order valence-corrected chi connectivity index (χ1v) is 12.2. The number of nitrogens with zero attached hydrogens (tertiary/aromatic N) is 4. The Kier molecular flexibility index (Phi) is 7.03. The maximum Gasteiger partial charge on any atom is 0.255 e. The van der Waals surface area contributed by atoms with Gasteiger partial charge in [0.25, 0.3) is 5.91 Å². The smallest absolute Gasteiger partial charge is 0.255 e. The largest absolute Gasteiger partial charge is 0.493 e. The molecule has 0 bridgehead atoms. The van der Waals surface area contributed by atoms with Gasteiger partial charge >= 0.3 is 0 Å². The number of hydrogen-bond donors (Lipinski definition) is 2. The van der Waals surface area contributed by atoms with Gasteiger partial charge in [0.05, 0.1) is 11.1 Å². The number of fused-ring (bicyclic) bond motifs is 1. The molecule has 0 spiro atoms. The summed E-state index contributed by atoms with van der Waals surface area (Å²) in [5.41, 5.74) is 5.38. The topological polar surface area (TPSA) is 91.2 Å². The van der Waals surface area contributed by atoms with Gasteiger partial charge < -0.3 is 15.3 Å². The van der Waals surface area contributed by atoms with Gasteiger partial charge in [0.1, 0.15) is 12.1 Å². The van der Waals surface area contributed by atoms with Crippen molar-refractivity contribution in [2.24, 2.45) is 0 Å². The highest BCUT2D eigenvalue weighted by atomic mass is 16.3. The minimum absolute atomic E-state index is 0.103. The summed E-state index contributed by atoms with van der Waals surface area (Å²) < 4.78 is 0. The summed E-state index contributed by atoms with van der Waals surface area (Å²) in [7, 11) is 0. The van der Waals surface area contributed by atoms with Gasteiger partial charge in [-0.2, -0.15) is 0 Å². The zero-order chi connectivity index (χ0) is 25.6. The molecule has 0 aliphatic rings. The molecule has 0 saturated heterocycles. The molecule has 5 aromatic rings. The van der Waals surface area contributed by atoms with Crippen LogP contribution in [-0.4, -0.2) is 37.4 Å². The van der Waals surface area contributed by atoms with Crippen molar-refractivity contribution in [1.82, 2.24) is 19.9 Å². The Hall–Kier alpha value is -4.78. The van der Waals surface area contributed by atoms with Crippen molar-refractivity contribution >= 4 is 28.3 Å². The molecule has 2 N–H and O–H groups in total. The Bertz CT molecular complexity index is 1520. The predicted octanol–water partition coefficient (Wildman–Crippen LogP) is 6.19. The number of para-hydroxylation sites is 1. The van der Waals surface area contributed by atoms with Crippen molar-refractivity contribution in [3.8, 4) is 17.0 Å². The van der Waals surface area contributed by atoms with Crippen LogP contribution in [0.1, 0.15) is 29.3 Å². The zero-order valence-electron chi connectivity index (χ0n) is 20.5. The van der Waals surface area contributed by atoms with Crippen LogP contribution in [0.4, 0.5) is 11.5 Å². The van der Waals surface area contributed by atoms with Crippen molar-refractivity contribution in [2.75, 3.05) is 11.9 Å². The highest BCUT2D eigenvalue weighted by Crippen LogP contribution is 2.29. The number of nitrogens with one attached hydrogen (secondary N) is 1. The minimum Gasteiger partial charge on any atom is -0.493 e. The molecule has 2 heterocycles. The number of anilines is 2. The summed E-state index contributed by atoms with van der Waals surface area (Å²) in [6.45, 7) is 3.13. The Morgan fingerprint density at radius 2 is 1.73 bits per heavy atom. The van der Waals surface area contributed by atoms with E-state index in [1.807, 2.05) is 60.4 Å². The third kappa shape index (κ3) is 5.56. The summed E-state index contributed by atoms with van der Waals surface area (Å²) in [5, 5.41) is 13.8. The Morgan fingerprint density at radius 3 is 2.51 bits per heavy atom. The Labute approximate surface area is 215 Å². The lowest BCUT2D eigenvalue weighted by molar-refractivity contribution is 0.0742. The number of aromatic nitrogens is 3. The maximum atomic E-state index is 13.1. The molecule has 0 aliphatic heterocycles. The van der Waals surface area contributed by atoms with Gasteiger partial charge in [-0.25, -0.2) is 15.0 Å². The highest BCUT2D eigenvalue weighted by Gasteiger charge is 2.16. The summed E-state index contributed by atoms with van der Waals surface area (Å²) >= 11 is 0. The van der Waals surface area contributed by atoms with E-state index < -0.39 is 0 Å². The van der Waals surface area contributed by atoms with Crippen LogP contribution in [0.5, 0.6) is 5.88 Å². The zero-order valence-corrected chi connectivity index (χ0v) is 20.5. The fraction of sp³-hybridized carbons (Fsp3) is 0.133. The van der Waals surface area contributed by atoms with E-state index in [0.29, 0.717) is 18.7 Å². The van der Waals surface area contributed by atoms with E-state index in [4.69, 9.17) is 0 Å². The van der Waals surface area contributed by atoms with Gasteiger partial charge in [-0.15, -0.1) is 0 Å². The molecular formula is C30H27N5O2. The van der Waals surface area contributed by atoms with Crippen molar-refractivity contribution in [3.05, 3.63) is 109 Å². The third-order valence-corrected chi connectivity index (χ3v) is 6.08. The van der Waals surface area contributed by atoms with Gasteiger partial charge in [-0.05, 0) is 59.5 Å². The van der Waals surface area contributed by atoms with Gasteiger partial charge in [-0.3, -0.25) is 4.79 Å². The summed E-state index contributed by atoms with van der Waals surface area (Å²) in [5.74, 6) is 0.532. The third-order valence-electron chi connectivity index (χ3n) is 6.08. The predicted molar refractivity (Wildman–Crippen MR) is 146 cm³/mol. The molecule has 7 nitrogen and oxygen atoms in total. The normalized spacial score (nSPS) is 10.8. The number of hydrogen-bond acceptors (Lipinski definition) is 6. The molecule has 37 heavy (non-hydrogen) atoms. The summed E-state index contributed by atoms with van der Waals surface area (Å²) in [6, 6.07) is 27.3. The van der Waals surface area contributed by atoms with E-state index in [0.717, 1.165) is 45.5 Å². The van der Waals surface area contributed by atoms with E-state index in [-0.39, 0.29) is 11.8 Å². The fourth-order valence-electron chi connectivity index (χ4n) is 4.28. The molecule has 7 heteroatoms. The summed E-state index contributed by atoms with van der Waals surface area (Å²) in [6.07, 6.45) is 3.81. The molecular weight excluding hydrogens is 462 g/mol. The van der Waals surface area contributed by atoms with Crippen LogP contribution in [0.3, 0.4) is 0 Å². The molecule has 5 rings (SSSR count). The molecule has 0 saturated carbocycles. The van der Waals surface area contributed by atoms with Crippen LogP contribution in [0.2, 0.25) is 0 Å². The molecule has 1 amide bonds. The lowest BCUT2D eigenvalue weighted by Crippen LogP contribution is -2.31. The van der Waals surface area contributed by atoms with Gasteiger partial charge in [-0.1, -0.05) is 49.4 Å². The van der Waals surface area contributed by atoms with Crippen LogP contribution < -0.4 is 5.32 Å². The van der Waals surface area contributed by atoms with E-state index in [1.54, 1.807) is 12.4 Å². The quantitative estimate of drug-likeness (QED) is 0.270. The van der Waals surface area contributed by atoms with E-state index in [2.05, 4.69) is 44.5 Å². The monoisotopic (exact) mass is 489 g/mol. The lowest BCUT2D eigenvalue weighted by atomic mass is 10.0. The fourth-order valence-corrected chi connectivity index (χ4v) is 4.28. The standard InChI is InChI=1S/C30H27N5O2/c1-2-15-35(30(37)24-12-14-28(36)31-18-24)19-21-7-6-8-22(16-21)23-11-13-27-26(17-23)29(33-20-32-27)34-25-9-4-3-5-10-25/h3-14,16-18,20H,2,15,19H2,1H3,(H,31,36)(H,32,33,34). The molecule has 0 unspecified atom stereocenters. The van der Waals surface area contributed by atoms with E-state index in [9.17, 15) is 9.90 Å². The number of amides is 1. The lowest BCUT2D eigenvalue weighted by Gasteiger charge is -2.22. The van der Waals surface area contributed by atoms with Crippen molar-refractivity contribution in [2.45, 2.75) is 19.9 Å². The molecule has 0 fully saturated rings. The van der Waals surface area contributed by atoms with Crippen molar-refractivity contribution < 1.29 is 9.90 Å². The number of carbonyl (C=O) groups is 1. The molecule has 3 aromatic carbocycles. The molecule has 0 atom stereocenters. The van der Waals surface area contributed by atoms with Crippen LogP contribution in [0.15, 0.2) is 97.5 Å². The summed E-state index contributed by atoms with van der Waals surface area (Å²) in [4.78, 5) is 27.7. The average Bonchev–Trinajstić information content (AvgIpc) is 2.93. The SMILES string of the molecule is CCCN(Cc1cccc(-c2ccc3ncnc(Nc4ccccc4)c3c2)c1)C(=O)c1ccc(O)nc1. The molecule has 184 valence electrons. The van der Waals surface area contributed by atoms with Crippen LogP contribution in [0.25, 0.3) is 22.0 Å². The van der Waals surface area contributed by atoms with Crippen LogP contribution in [-0.2, 0) is 6.54 Å². The van der Waals surface area contributed by atoms with Gasteiger partial charge in [0, 0.05) is 36.4 Å². The Balaban J connectivity index is 1.43. The Morgan fingerprint density at radius 1 is 0.892 bits per heavy atom. The average molecular weight is 490 g/mol. The van der Waals surface area contributed by atoms with Crippen LogP contribution >= 0.6 is 0 Å². The van der Waals surface area contributed by atoms with Gasteiger partial charge in [0.15, 0.2) is 0 Å². The first kappa shape index (κ1) is 23.9. The second-order valence-electron chi connectivity index (χ2n) is 8.78. The number of aromatic hydroxyl groups is 1. The second kappa shape index (κ2) is 10.9. The van der Waals surface area contributed by atoms with Crippen LogP contribution in [0, 0.1) is 0 Å². The van der Waals surface area contributed by atoms with E-state index >= 15 is 0 Å². The van der Waals surface area contributed by atoms with Gasteiger partial charge in [0.2, 0.25) is 5.88 Å². The first-order chi connectivity index (χ1) is 18.1. The van der Waals surface area contributed by atoms with E-state index in [1.165, 1.54) is 12.3 Å². The maximum absolute atomic E-state index is 13.1. The van der Waals surface area contributed by atoms with Crippen molar-refractivity contribution in [3.63, 3.8) is 0 Å². The number of carbonyl (C=O) groups excluding carboxylic acids is 1. The molecule has 0 radical (unpaired) electrons. The first-order valence-electron chi connectivity index (χ1n) is 12.2. The number of pyridine rings is 1. The second-order valence-corrected chi connectivity index (χ2v) is 8.78. The minimum atomic E-state index is -0.112. The number of benzene rings is 3. The highest BCUT2D eigenvalue weighted by molar-refractivity contribution is 5.94. The number of rotatable bonds is 8. The molecule has 2 aromatic heterocycles. The molecule has 0 aliphatic carbocycles.